The van der Waals surface area contributed by atoms with Gasteiger partial charge in [0.25, 0.3) is 0 Å². The van der Waals surface area contributed by atoms with E-state index in [1.54, 1.807) is 6.08 Å². The molecule has 0 fully saturated rings. The fraction of sp³-hybridized carbons (Fsp3) is 0.896. The maximum Gasteiger partial charge on any atom is 0.249 e. The molecule has 5 heteroatoms. The van der Waals surface area contributed by atoms with Gasteiger partial charge in [-0.05, 0) is 44.9 Å². The largest absolute Gasteiger partial charge is 0.394 e. The molecule has 4 N–H and O–H groups in total. The standard InChI is InChI=1S/C67H129NO4/c1-3-5-7-9-11-13-15-17-19-21-23-25-27-28-29-30-31-32-33-34-35-36-37-38-39-40-42-44-46-48-50-52-54-56-58-60-62-66(71)67(72)68-64(63-69)65(70)61-59-57-55-53-51-49-47-45-43-41-26-24-22-20-18-16-14-12-10-8-6-4-2/h43,45,51,53,59,61,64-66,69-71H,3-42,44,46-50,52,54-58,60,62-63H2,1-2H3,(H,68,72)/b45-43+,53-51+,61-59+. The van der Waals surface area contributed by atoms with E-state index >= 15 is 0 Å². The minimum absolute atomic E-state index is 0.379. The highest BCUT2D eigenvalue weighted by Gasteiger charge is 2.22. The second-order valence-corrected chi connectivity index (χ2v) is 22.7. The van der Waals surface area contributed by atoms with Crippen LogP contribution in [-0.2, 0) is 4.79 Å². The van der Waals surface area contributed by atoms with E-state index in [1.807, 2.05) is 6.08 Å². The van der Waals surface area contributed by atoms with E-state index in [2.05, 4.69) is 43.5 Å². The summed E-state index contributed by atoms with van der Waals surface area (Å²) in [6, 6.07) is -0.821. The Bertz CT molecular complexity index is 1120. The van der Waals surface area contributed by atoms with Crippen LogP contribution in [0.5, 0.6) is 0 Å². The molecule has 0 spiro atoms. The molecule has 0 aromatic carbocycles. The first-order chi connectivity index (χ1) is 35.6. The lowest BCUT2D eigenvalue weighted by atomic mass is 10.0. The number of amides is 1. The van der Waals surface area contributed by atoms with Crippen LogP contribution in [0.1, 0.15) is 361 Å². The number of allylic oxidation sites excluding steroid dienone is 5. The predicted molar refractivity (Wildman–Crippen MR) is 319 cm³/mol. The Balaban J connectivity index is 3.51. The van der Waals surface area contributed by atoms with E-state index in [9.17, 15) is 20.1 Å². The van der Waals surface area contributed by atoms with Crippen LogP contribution >= 0.6 is 0 Å². The molecule has 1 amide bonds. The molecule has 0 aromatic heterocycles. The van der Waals surface area contributed by atoms with Gasteiger partial charge >= 0.3 is 0 Å². The van der Waals surface area contributed by atoms with E-state index < -0.39 is 24.2 Å². The predicted octanol–water partition coefficient (Wildman–Crippen LogP) is 21.0. The van der Waals surface area contributed by atoms with Gasteiger partial charge < -0.3 is 20.6 Å². The first-order valence-corrected chi connectivity index (χ1v) is 32.8. The van der Waals surface area contributed by atoms with Crippen molar-refractivity contribution in [3.05, 3.63) is 36.5 Å². The quantitative estimate of drug-likeness (QED) is 0.0361. The van der Waals surface area contributed by atoms with Crippen molar-refractivity contribution in [2.24, 2.45) is 0 Å². The summed E-state index contributed by atoms with van der Waals surface area (Å²) in [5.74, 6) is -0.510. The van der Waals surface area contributed by atoms with Crippen LogP contribution in [0, 0.1) is 0 Å². The number of aliphatic hydroxyl groups is 3. The molecular weight excluding hydrogens is 883 g/mol. The summed E-state index contributed by atoms with van der Waals surface area (Å²) in [6.07, 6.45) is 82.8. The monoisotopic (exact) mass is 1010 g/mol. The molecule has 0 aliphatic rings. The van der Waals surface area contributed by atoms with Gasteiger partial charge in [-0.2, -0.15) is 0 Å². The number of aliphatic hydroxyl groups excluding tert-OH is 3. The lowest BCUT2D eigenvalue weighted by molar-refractivity contribution is -0.131. The van der Waals surface area contributed by atoms with Crippen LogP contribution in [0.25, 0.3) is 0 Å². The van der Waals surface area contributed by atoms with Crippen LogP contribution in [0.3, 0.4) is 0 Å². The molecule has 0 saturated heterocycles. The Morgan fingerprint density at radius 2 is 0.569 bits per heavy atom. The highest BCUT2D eigenvalue weighted by Crippen LogP contribution is 2.19. The number of rotatable bonds is 61. The van der Waals surface area contributed by atoms with Crippen molar-refractivity contribution in [1.29, 1.82) is 0 Å². The molecular formula is C67H129NO4. The Labute approximate surface area is 451 Å². The van der Waals surface area contributed by atoms with E-state index in [4.69, 9.17) is 0 Å². The van der Waals surface area contributed by atoms with Gasteiger partial charge in [-0.3, -0.25) is 4.79 Å². The van der Waals surface area contributed by atoms with Gasteiger partial charge in [0, 0.05) is 0 Å². The van der Waals surface area contributed by atoms with Crippen molar-refractivity contribution in [2.45, 2.75) is 379 Å². The van der Waals surface area contributed by atoms with Gasteiger partial charge in [0.05, 0.1) is 18.8 Å². The number of nitrogens with one attached hydrogen (secondary N) is 1. The number of hydrogen-bond acceptors (Lipinski definition) is 4. The Morgan fingerprint density at radius 1 is 0.333 bits per heavy atom. The lowest BCUT2D eigenvalue weighted by Gasteiger charge is -2.21. The molecule has 0 saturated carbocycles. The molecule has 0 aliphatic carbocycles. The first kappa shape index (κ1) is 70.6. The highest BCUT2D eigenvalue weighted by molar-refractivity contribution is 5.80. The maximum atomic E-state index is 12.6. The second kappa shape index (κ2) is 62.1. The van der Waals surface area contributed by atoms with E-state index in [1.165, 1.54) is 295 Å². The van der Waals surface area contributed by atoms with Crippen molar-refractivity contribution < 1.29 is 20.1 Å². The Hall–Kier alpha value is -1.43. The molecule has 3 atom stereocenters. The molecule has 0 radical (unpaired) electrons. The highest BCUT2D eigenvalue weighted by atomic mass is 16.3. The smallest absolute Gasteiger partial charge is 0.249 e. The SMILES string of the molecule is CCCCCCCCCCCCCC/C=C/CC/C=C/CC/C=C/C(O)C(CO)NC(=O)C(O)CCCCCCCCCCCCCCCCCCCCCCCCCCCCCCCCCCCCCC. The topological polar surface area (TPSA) is 89.8 Å². The van der Waals surface area contributed by atoms with Crippen molar-refractivity contribution in [1.82, 2.24) is 5.32 Å². The summed E-state index contributed by atoms with van der Waals surface area (Å²) in [7, 11) is 0. The minimum Gasteiger partial charge on any atom is -0.394 e. The fourth-order valence-corrected chi connectivity index (χ4v) is 10.4. The average Bonchev–Trinajstić information content (AvgIpc) is 3.39. The zero-order chi connectivity index (χ0) is 52.2. The molecule has 0 rings (SSSR count). The summed E-state index contributed by atoms with van der Waals surface area (Å²) < 4.78 is 0. The summed E-state index contributed by atoms with van der Waals surface area (Å²) in [6.45, 7) is 4.21. The third-order valence-corrected chi connectivity index (χ3v) is 15.5. The molecule has 5 nitrogen and oxygen atoms in total. The van der Waals surface area contributed by atoms with Crippen LogP contribution in [-0.4, -0.2) is 46.1 Å². The molecule has 426 valence electrons. The number of unbranched alkanes of at least 4 members (excludes halogenated alkanes) is 49. The summed E-state index contributed by atoms with van der Waals surface area (Å²) >= 11 is 0. The van der Waals surface area contributed by atoms with Gasteiger partial charge in [-0.25, -0.2) is 0 Å². The molecule has 72 heavy (non-hydrogen) atoms. The molecule has 3 unspecified atom stereocenters. The number of hydrogen-bond donors (Lipinski definition) is 4. The van der Waals surface area contributed by atoms with Crippen molar-refractivity contribution in [2.75, 3.05) is 6.61 Å². The van der Waals surface area contributed by atoms with Crippen molar-refractivity contribution in [3.63, 3.8) is 0 Å². The molecule has 0 heterocycles. The zero-order valence-corrected chi connectivity index (χ0v) is 48.8. The normalized spacial score (nSPS) is 13.3. The van der Waals surface area contributed by atoms with Gasteiger partial charge in [-0.15, -0.1) is 0 Å². The lowest BCUT2D eigenvalue weighted by Crippen LogP contribution is -2.48. The van der Waals surface area contributed by atoms with Gasteiger partial charge in [0.2, 0.25) is 5.91 Å². The average molecular weight is 1010 g/mol. The molecule has 0 aliphatic heterocycles. The van der Waals surface area contributed by atoms with Crippen molar-refractivity contribution in [3.8, 4) is 0 Å². The zero-order valence-electron chi connectivity index (χ0n) is 48.8. The number of carbonyl (C=O) groups is 1. The van der Waals surface area contributed by atoms with Crippen LogP contribution in [0.15, 0.2) is 36.5 Å². The summed E-state index contributed by atoms with van der Waals surface area (Å²) in [5.41, 5.74) is 0. The van der Waals surface area contributed by atoms with Gasteiger partial charge in [-0.1, -0.05) is 352 Å². The molecule has 0 aromatic rings. The fourth-order valence-electron chi connectivity index (χ4n) is 10.4. The third kappa shape index (κ3) is 56.3. The van der Waals surface area contributed by atoms with Crippen molar-refractivity contribution >= 4 is 5.91 Å². The van der Waals surface area contributed by atoms with E-state index in [-0.39, 0.29) is 6.61 Å². The van der Waals surface area contributed by atoms with E-state index in [0.29, 0.717) is 6.42 Å². The first-order valence-electron chi connectivity index (χ1n) is 32.8. The summed E-state index contributed by atoms with van der Waals surface area (Å²) in [5, 5.41) is 33.4. The Morgan fingerprint density at radius 3 is 0.847 bits per heavy atom. The maximum absolute atomic E-state index is 12.6. The van der Waals surface area contributed by atoms with Crippen LogP contribution < -0.4 is 5.32 Å². The Kier molecular flexibility index (Phi) is 60.9. The third-order valence-electron chi connectivity index (χ3n) is 15.5. The second-order valence-electron chi connectivity index (χ2n) is 22.7. The van der Waals surface area contributed by atoms with Crippen LogP contribution in [0.4, 0.5) is 0 Å². The number of carbonyl (C=O) groups excluding carboxylic acids is 1. The van der Waals surface area contributed by atoms with Gasteiger partial charge in [0.1, 0.15) is 6.10 Å². The van der Waals surface area contributed by atoms with Gasteiger partial charge in [0.15, 0.2) is 0 Å². The summed E-state index contributed by atoms with van der Waals surface area (Å²) in [4.78, 5) is 12.6. The van der Waals surface area contributed by atoms with E-state index in [0.717, 1.165) is 44.9 Å². The molecule has 0 bridgehead atoms. The van der Waals surface area contributed by atoms with Crippen LogP contribution in [0.2, 0.25) is 0 Å². The minimum atomic E-state index is -1.11.